The van der Waals surface area contributed by atoms with Crippen molar-refractivity contribution >= 4 is 22.9 Å². The summed E-state index contributed by atoms with van der Waals surface area (Å²) in [5.74, 6) is -0.0570. The summed E-state index contributed by atoms with van der Waals surface area (Å²) in [5.41, 5.74) is 4.69. The lowest BCUT2D eigenvalue weighted by Gasteiger charge is -2.37. The third-order valence-electron chi connectivity index (χ3n) is 4.60. The molecule has 1 N–H and O–H groups in total. The van der Waals surface area contributed by atoms with E-state index < -0.39 is 0 Å². The molecule has 0 spiro atoms. The molecule has 0 atom stereocenters. The smallest absolute Gasteiger partial charge is 0.257 e. The minimum Gasteiger partial charge on any atom is -0.379 e. The maximum Gasteiger partial charge on any atom is 0.257 e. The van der Waals surface area contributed by atoms with E-state index in [0.29, 0.717) is 18.8 Å². The molecule has 0 bridgehead atoms. The van der Waals surface area contributed by atoms with Crippen LogP contribution in [0.25, 0.3) is 5.57 Å². The molecule has 2 heterocycles. The van der Waals surface area contributed by atoms with Crippen molar-refractivity contribution in [2.45, 2.75) is 6.92 Å². The fourth-order valence-corrected chi connectivity index (χ4v) is 3.35. The number of amides is 1. The van der Waals surface area contributed by atoms with Crippen LogP contribution in [0.2, 0.25) is 0 Å². The summed E-state index contributed by atoms with van der Waals surface area (Å²) in [4.78, 5) is 12.6. The Morgan fingerprint density at radius 2 is 1.84 bits per heavy atom. The van der Waals surface area contributed by atoms with E-state index >= 15 is 0 Å². The molecule has 128 valence electrons. The number of ether oxygens (including phenoxy) is 1. The molecule has 0 saturated carbocycles. The van der Waals surface area contributed by atoms with Gasteiger partial charge in [-0.15, -0.1) is 0 Å². The van der Waals surface area contributed by atoms with Gasteiger partial charge < -0.3 is 10.1 Å². The van der Waals surface area contributed by atoms with E-state index in [0.717, 1.165) is 35.6 Å². The van der Waals surface area contributed by atoms with Crippen LogP contribution in [0.15, 0.2) is 54.7 Å². The van der Waals surface area contributed by atoms with E-state index in [1.54, 1.807) is 0 Å². The van der Waals surface area contributed by atoms with E-state index in [1.807, 2.05) is 49.5 Å². The Bertz CT molecular complexity index is 811. The molecule has 1 saturated heterocycles. The highest BCUT2D eigenvalue weighted by atomic mass is 16.5. The second-order valence-electron chi connectivity index (χ2n) is 6.24. The molecule has 2 aromatic carbocycles. The van der Waals surface area contributed by atoms with Gasteiger partial charge in [-0.25, -0.2) is 5.01 Å². The first-order valence-corrected chi connectivity index (χ1v) is 8.54. The number of aryl methyl sites for hydroxylation is 1. The maximum atomic E-state index is 12.6. The van der Waals surface area contributed by atoms with Crippen LogP contribution >= 0.6 is 0 Å². The Kier molecular flexibility index (Phi) is 4.26. The van der Waals surface area contributed by atoms with E-state index in [4.69, 9.17) is 4.74 Å². The zero-order valence-electron chi connectivity index (χ0n) is 14.2. The maximum absolute atomic E-state index is 12.6. The van der Waals surface area contributed by atoms with Gasteiger partial charge in [-0.1, -0.05) is 30.3 Å². The molecule has 5 heteroatoms. The Hall–Kier alpha value is -2.63. The first-order valence-electron chi connectivity index (χ1n) is 8.54. The number of nitrogens with one attached hydrogen (secondary N) is 1. The fourth-order valence-electron chi connectivity index (χ4n) is 3.35. The molecular weight excluding hydrogens is 314 g/mol. The van der Waals surface area contributed by atoms with Crippen LogP contribution in [0.3, 0.4) is 0 Å². The van der Waals surface area contributed by atoms with Crippen molar-refractivity contribution < 1.29 is 9.53 Å². The summed E-state index contributed by atoms with van der Waals surface area (Å²) in [6.45, 7) is 5.00. The average molecular weight is 335 g/mol. The number of hydrogen-bond donors (Lipinski definition) is 1. The molecule has 4 rings (SSSR count). The minimum atomic E-state index is -0.0570. The van der Waals surface area contributed by atoms with Gasteiger partial charge in [0.25, 0.3) is 5.91 Å². The number of hydrazine groups is 1. The van der Waals surface area contributed by atoms with Crippen molar-refractivity contribution in [2.24, 2.45) is 0 Å². The minimum absolute atomic E-state index is 0.0570. The monoisotopic (exact) mass is 335 g/mol. The lowest BCUT2D eigenvalue weighted by atomic mass is 10.0. The lowest BCUT2D eigenvalue weighted by molar-refractivity contribution is -0.110. The van der Waals surface area contributed by atoms with Crippen molar-refractivity contribution in [3.05, 3.63) is 65.9 Å². The van der Waals surface area contributed by atoms with Gasteiger partial charge in [0.2, 0.25) is 0 Å². The Morgan fingerprint density at radius 3 is 2.60 bits per heavy atom. The van der Waals surface area contributed by atoms with Gasteiger partial charge in [0.15, 0.2) is 0 Å². The molecule has 25 heavy (non-hydrogen) atoms. The van der Waals surface area contributed by atoms with Crippen molar-refractivity contribution in [3.63, 3.8) is 0 Å². The predicted octanol–water partition coefficient (Wildman–Crippen LogP) is 3.04. The van der Waals surface area contributed by atoms with Crippen LogP contribution in [0.4, 0.5) is 11.4 Å². The number of morpholine rings is 1. The number of hydrogen-bond acceptors (Lipinski definition) is 4. The van der Waals surface area contributed by atoms with E-state index in [2.05, 4.69) is 27.5 Å². The SMILES string of the molecule is Cc1cccc2c1C(=CN(c1ccccc1)N1CCOCC1)C(=O)N2. The summed E-state index contributed by atoms with van der Waals surface area (Å²) >= 11 is 0. The highest BCUT2D eigenvalue weighted by Crippen LogP contribution is 2.35. The standard InChI is InChI=1S/C20H21N3O2/c1-15-6-5-9-18-19(15)17(20(24)21-18)14-23(16-7-3-2-4-8-16)22-10-12-25-13-11-22/h2-9,14H,10-13H2,1H3,(H,21,24). The molecule has 0 unspecified atom stereocenters. The number of nitrogens with zero attached hydrogens (tertiary/aromatic N) is 2. The topological polar surface area (TPSA) is 44.8 Å². The third-order valence-corrected chi connectivity index (χ3v) is 4.60. The largest absolute Gasteiger partial charge is 0.379 e. The van der Waals surface area contributed by atoms with E-state index in [-0.39, 0.29) is 5.91 Å². The Balaban J connectivity index is 1.78. The zero-order valence-corrected chi connectivity index (χ0v) is 14.2. The normalized spacial score (nSPS) is 18.9. The van der Waals surface area contributed by atoms with Crippen molar-refractivity contribution in [2.75, 3.05) is 36.6 Å². The molecule has 5 nitrogen and oxygen atoms in total. The highest BCUT2D eigenvalue weighted by molar-refractivity contribution is 6.32. The van der Waals surface area contributed by atoms with Crippen LogP contribution in [0, 0.1) is 6.92 Å². The van der Waals surface area contributed by atoms with E-state index in [1.165, 1.54) is 0 Å². The van der Waals surface area contributed by atoms with Crippen molar-refractivity contribution in [3.8, 4) is 0 Å². The first kappa shape index (κ1) is 15.9. The quantitative estimate of drug-likeness (QED) is 0.876. The first-order chi connectivity index (χ1) is 12.2. The number of fused-ring (bicyclic) bond motifs is 1. The summed E-state index contributed by atoms with van der Waals surface area (Å²) in [6, 6.07) is 16.1. The molecule has 0 radical (unpaired) electrons. The van der Waals surface area contributed by atoms with Gasteiger partial charge in [0, 0.05) is 30.5 Å². The van der Waals surface area contributed by atoms with Crippen LogP contribution in [-0.4, -0.2) is 37.2 Å². The molecule has 2 aromatic rings. The van der Waals surface area contributed by atoms with Crippen LogP contribution < -0.4 is 10.3 Å². The van der Waals surface area contributed by atoms with Gasteiger partial charge in [-0.3, -0.25) is 9.80 Å². The van der Waals surface area contributed by atoms with Gasteiger partial charge >= 0.3 is 0 Å². The number of para-hydroxylation sites is 1. The van der Waals surface area contributed by atoms with Crippen molar-refractivity contribution in [1.29, 1.82) is 0 Å². The molecular formula is C20H21N3O2. The number of benzene rings is 2. The lowest BCUT2D eigenvalue weighted by Crippen LogP contribution is -2.46. The van der Waals surface area contributed by atoms with Crippen LogP contribution in [0.1, 0.15) is 11.1 Å². The van der Waals surface area contributed by atoms with Gasteiger partial charge in [-0.2, -0.15) is 0 Å². The summed E-state index contributed by atoms with van der Waals surface area (Å²) in [5, 5.41) is 7.27. The second kappa shape index (κ2) is 6.70. The molecule has 2 aliphatic rings. The number of rotatable bonds is 3. The molecule has 1 fully saturated rings. The number of anilines is 2. The number of carbonyl (C=O) groups excluding carboxylic acids is 1. The average Bonchev–Trinajstić information content (AvgIpc) is 2.97. The van der Waals surface area contributed by atoms with Gasteiger partial charge in [0.1, 0.15) is 0 Å². The van der Waals surface area contributed by atoms with Crippen LogP contribution in [-0.2, 0) is 9.53 Å². The summed E-state index contributed by atoms with van der Waals surface area (Å²) in [6.07, 6.45) is 1.95. The predicted molar refractivity (Wildman–Crippen MR) is 99.1 cm³/mol. The van der Waals surface area contributed by atoms with E-state index in [9.17, 15) is 4.79 Å². The fraction of sp³-hybridized carbons (Fsp3) is 0.250. The van der Waals surface area contributed by atoms with Crippen LogP contribution in [0.5, 0.6) is 0 Å². The van der Waals surface area contributed by atoms with Gasteiger partial charge in [-0.05, 0) is 30.7 Å². The van der Waals surface area contributed by atoms with Crippen molar-refractivity contribution in [1.82, 2.24) is 5.01 Å². The number of carbonyl (C=O) groups is 1. The molecule has 2 aliphatic heterocycles. The third kappa shape index (κ3) is 3.04. The van der Waals surface area contributed by atoms with Gasteiger partial charge in [0.05, 0.1) is 24.5 Å². The Labute approximate surface area is 147 Å². The molecule has 0 aromatic heterocycles. The molecule has 0 aliphatic carbocycles. The molecule has 1 amide bonds. The summed E-state index contributed by atoms with van der Waals surface area (Å²) < 4.78 is 5.48. The Morgan fingerprint density at radius 1 is 1.08 bits per heavy atom. The second-order valence-corrected chi connectivity index (χ2v) is 6.24. The summed E-state index contributed by atoms with van der Waals surface area (Å²) in [7, 11) is 0. The zero-order chi connectivity index (χ0) is 17.2. The highest BCUT2D eigenvalue weighted by Gasteiger charge is 2.28.